The van der Waals surface area contributed by atoms with E-state index >= 15 is 0 Å². The standard InChI is InChI=1S/C20H20BrN3OS/c1-3-11-24-19(13-25-18-9-7-17(21)8-10-18)22-23-20(24)26-14-16-6-4-5-15(2)12-16/h3-10,12H,1,11,13-14H2,2H3. The van der Waals surface area contributed by atoms with Crippen LogP contribution in [0.15, 0.2) is 70.8 Å². The molecule has 0 radical (unpaired) electrons. The maximum Gasteiger partial charge on any atom is 0.191 e. The van der Waals surface area contributed by atoms with Crippen molar-refractivity contribution >= 4 is 27.7 Å². The van der Waals surface area contributed by atoms with Gasteiger partial charge in [-0.15, -0.1) is 16.8 Å². The fraction of sp³-hybridized carbons (Fsp3) is 0.200. The van der Waals surface area contributed by atoms with E-state index in [0.717, 1.165) is 27.0 Å². The summed E-state index contributed by atoms with van der Waals surface area (Å²) in [4.78, 5) is 0. The number of aryl methyl sites for hydroxylation is 1. The molecule has 0 saturated carbocycles. The number of hydrogen-bond acceptors (Lipinski definition) is 4. The number of nitrogens with zero attached hydrogens (tertiary/aromatic N) is 3. The Morgan fingerprint density at radius 2 is 2.00 bits per heavy atom. The molecule has 0 unspecified atom stereocenters. The lowest BCUT2D eigenvalue weighted by molar-refractivity contribution is 0.289. The molecule has 3 rings (SSSR count). The Morgan fingerprint density at radius 1 is 1.19 bits per heavy atom. The van der Waals surface area contributed by atoms with E-state index in [9.17, 15) is 0 Å². The van der Waals surface area contributed by atoms with Crippen LogP contribution in [0.2, 0.25) is 0 Å². The van der Waals surface area contributed by atoms with Crippen molar-refractivity contribution in [2.24, 2.45) is 0 Å². The molecule has 1 heterocycles. The van der Waals surface area contributed by atoms with Crippen molar-refractivity contribution in [1.29, 1.82) is 0 Å². The Labute approximate surface area is 166 Å². The van der Waals surface area contributed by atoms with Gasteiger partial charge in [-0.1, -0.05) is 63.6 Å². The lowest BCUT2D eigenvalue weighted by Gasteiger charge is -2.09. The summed E-state index contributed by atoms with van der Waals surface area (Å²) >= 11 is 5.10. The summed E-state index contributed by atoms with van der Waals surface area (Å²) in [6.07, 6.45) is 1.85. The predicted octanol–water partition coefficient (Wildman–Crippen LogP) is 5.41. The first-order valence-corrected chi connectivity index (χ1v) is 10.0. The molecule has 0 aliphatic heterocycles. The van der Waals surface area contributed by atoms with Gasteiger partial charge in [0.15, 0.2) is 11.0 Å². The van der Waals surface area contributed by atoms with Crippen LogP contribution >= 0.6 is 27.7 Å². The molecule has 0 spiro atoms. The van der Waals surface area contributed by atoms with Crippen molar-refractivity contribution in [2.45, 2.75) is 31.0 Å². The third-order valence-electron chi connectivity index (χ3n) is 3.74. The molecule has 0 N–H and O–H groups in total. The van der Waals surface area contributed by atoms with Gasteiger partial charge in [0.2, 0.25) is 0 Å². The highest BCUT2D eigenvalue weighted by Crippen LogP contribution is 2.23. The minimum atomic E-state index is 0.369. The average molecular weight is 430 g/mol. The van der Waals surface area contributed by atoms with Crippen molar-refractivity contribution in [3.05, 3.63) is 82.6 Å². The van der Waals surface area contributed by atoms with Gasteiger partial charge in [0.05, 0.1) is 0 Å². The van der Waals surface area contributed by atoms with E-state index in [0.29, 0.717) is 13.2 Å². The molecule has 3 aromatic rings. The summed E-state index contributed by atoms with van der Waals surface area (Å²) < 4.78 is 8.91. The van der Waals surface area contributed by atoms with Crippen LogP contribution in [0.4, 0.5) is 0 Å². The van der Waals surface area contributed by atoms with Crippen LogP contribution in [0.1, 0.15) is 17.0 Å². The van der Waals surface area contributed by atoms with Crippen molar-refractivity contribution in [1.82, 2.24) is 14.8 Å². The first-order chi connectivity index (χ1) is 12.7. The number of aromatic nitrogens is 3. The first kappa shape index (κ1) is 18.7. The molecule has 1 aromatic heterocycles. The van der Waals surface area contributed by atoms with Crippen molar-refractivity contribution in [3.8, 4) is 5.75 Å². The van der Waals surface area contributed by atoms with Crippen LogP contribution in [0.5, 0.6) is 5.75 Å². The molecule has 134 valence electrons. The summed E-state index contributed by atoms with van der Waals surface area (Å²) in [7, 11) is 0. The fourth-order valence-electron chi connectivity index (χ4n) is 2.47. The van der Waals surface area contributed by atoms with Crippen LogP contribution < -0.4 is 4.74 Å². The monoisotopic (exact) mass is 429 g/mol. The van der Waals surface area contributed by atoms with Gasteiger partial charge in [-0.25, -0.2) is 0 Å². The molecule has 0 bridgehead atoms. The molecule has 0 aliphatic carbocycles. The predicted molar refractivity (Wildman–Crippen MR) is 109 cm³/mol. The first-order valence-electron chi connectivity index (χ1n) is 8.25. The second kappa shape index (κ2) is 9.05. The van der Waals surface area contributed by atoms with Gasteiger partial charge in [0.25, 0.3) is 0 Å². The van der Waals surface area contributed by atoms with Gasteiger partial charge in [-0.05, 0) is 36.8 Å². The topological polar surface area (TPSA) is 39.9 Å². The summed E-state index contributed by atoms with van der Waals surface area (Å²) in [6, 6.07) is 16.3. The number of halogens is 1. The Hall–Kier alpha value is -2.05. The van der Waals surface area contributed by atoms with Crippen LogP contribution in [-0.2, 0) is 18.9 Å². The van der Waals surface area contributed by atoms with Crippen molar-refractivity contribution in [2.75, 3.05) is 0 Å². The van der Waals surface area contributed by atoms with E-state index in [1.165, 1.54) is 11.1 Å². The van der Waals surface area contributed by atoms with E-state index in [4.69, 9.17) is 4.74 Å². The molecule has 26 heavy (non-hydrogen) atoms. The number of benzene rings is 2. The van der Waals surface area contributed by atoms with Gasteiger partial charge in [-0.2, -0.15) is 0 Å². The molecule has 0 amide bonds. The zero-order valence-electron chi connectivity index (χ0n) is 14.6. The molecule has 0 fully saturated rings. The van der Waals surface area contributed by atoms with Crippen LogP contribution in [0, 0.1) is 6.92 Å². The SMILES string of the molecule is C=CCn1c(COc2ccc(Br)cc2)nnc1SCc1cccc(C)c1. The minimum Gasteiger partial charge on any atom is -0.486 e. The van der Waals surface area contributed by atoms with E-state index in [2.05, 4.69) is 63.9 Å². The highest BCUT2D eigenvalue weighted by molar-refractivity contribution is 9.10. The van der Waals surface area contributed by atoms with E-state index in [1.807, 2.05) is 34.9 Å². The summed E-state index contributed by atoms with van der Waals surface area (Å²) in [5, 5.41) is 9.52. The van der Waals surface area contributed by atoms with Crippen LogP contribution in [0.25, 0.3) is 0 Å². The number of thioether (sulfide) groups is 1. The van der Waals surface area contributed by atoms with E-state index in [-0.39, 0.29) is 0 Å². The van der Waals surface area contributed by atoms with E-state index in [1.54, 1.807) is 11.8 Å². The maximum atomic E-state index is 5.84. The molecule has 6 heteroatoms. The van der Waals surface area contributed by atoms with Gasteiger partial charge < -0.3 is 4.74 Å². The van der Waals surface area contributed by atoms with Crippen molar-refractivity contribution < 1.29 is 4.74 Å². The third-order valence-corrected chi connectivity index (χ3v) is 5.30. The molecular formula is C20H20BrN3OS. The zero-order valence-corrected chi connectivity index (χ0v) is 17.0. The second-order valence-corrected chi connectivity index (χ2v) is 7.68. The van der Waals surface area contributed by atoms with Gasteiger partial charge in [-0.3, -0.25) is 4.57 Å². The molecule has 0 saturated heterocycles. The highest BCUT2D eigenvalue weighted by atomic mass is 79.9. The Kier molecular flexibility index (Phi) is 6.52. The normalized spacial score (nSPS) is 10.7. The molecule has 0 atom stereocenters. The third kappa shape index (κ3) is 4.99. The van der Waals surface area contributed by atoms with E-state index < -0.39 is 0 Å². The van der Waals surface area contributed by atoms with Crippen molar-refractivity contribution in [3.63, 3.8) is 0 Å². The lowest BCUT2D eigenvalue weighted by Crippen LogP contribution is -2.07. The van der Waals surface area contributed by atoms with Crippen LogP contribution in [0.3, 0.4) is 0 Å². The fourth-order valence-corrected chi connectivity index (χ4v) is 3.65. The Bertz CT molecular complexity index is 877. The quantitative estimate of drug-likeness (QED) is 0.354. The molecular weight excluding hydrogens is 410 g/mol. The summed E-state index contributed by atoms with van der Waals surface area (Å²) in [5.41, 5.74) is 2.54. The highest BCUT2D eigenvalue weighted by Gasteiger charge is 2.12. The Balaban J connectivity index is 1.68. The van der Waals surface area contributed by atoms with Gasteiger partial charge in [0, 0.05) is 16.8 Å². The minimum absolute atomic E-state index is 0.369. The number of hydrogen-bond donors (Lipinski definition) is 0. The summed E-state index contributed by atoms with van der Waals surface area (Å²) in [5.74, 6) is 2.44. The lowest BCUT2D eigenvalue weighted by atomic mass is 10.2. The van der Waals surface area contributed by atoms with Crippen LogP contribution in [-0.4, -0.2) is 14.8 Å². The number of ether oxygens (including phenoxy) is 1. The largest absolute Gasteiger partial charge is 0.486 e. The van der Waals surface area contributed by atoms with Gasteiger partial charge in [0.1, 0.15) is 12.4 Å². The molecule has 0 aliphatic rings. The average Bonchev–Trinajstić information content (AvgIpc) is 3.02. The molecule has 2 aromatic carbocycles. The second-order valence-electron chi connectivity index (χ2n) is 5.82. The smallest absolute Gasteiger partial charge is 0.191 e. The van der Waals surface area contributed by atoms with Gasteiger partial charge >= 0.3 is 0 Å². The zero-order chi connectivity index (χ0) is 18.4. The number of rotatable bonds is 8. The maximum absolute atomic E-state index is 5.84. The number of allylic oxidation sites excluding steroid dienone is 1. The molecule has 4 nitrogen and oxygen atoms in total. The Morgan fingerprint density at radius 3 is 2.73 bits per heavy atom. The summed E-state index contributed by atoms with van der Waals surface area (Å²) in [6.45, 7) is 6.97.